The fourth-order valence-electron chi connectivity index (χ4n) is 2.32. The molecule has 1 aliphatic rings. The lowest BCUT2D eigenvalue weighted by molar-refractivity contribution is -0.384. The van der Waals surface area contributed by atoms with Crippen LogP contribution in [0.2, 0.25) is 0 Å². The van der Waals surface area contributed by atoms with E-state index in [2.05, 4.69) is 10.6 Å². The third-order valence-corrected chi connectivity index (χ3v) is 3.83. The van der Waals surface area contributed by atoms with Crippen molar-refractivity contribution in [3.05, 3.63) is 64.0 Å². The molecule has 0 saturated heterocycles. The van der Waals surface area contributed by atoms with Gasteiger partial charge in [-0.1, -0.05) is 0 Å². The van der Waals surface area contributed by atoms with Gasteiger partial charge in [0.15, 0.2) is 6.61 Å². The van der Waals surface area contributed by atoms with Gasteiger partial charge in [0.25, 0.3) is 11.6 Å². The summed E-state index contributed by atoms with van der Waals surface area (Å²) in [4.78, 5) is 34.5. The van der Waals surface area contributed by atoms with Crippen molar-refractivity contribution in [2.24, 2.45) is 0 Å². The predicted molar refractivity (Wildman–Crippen MR) is 95.1 cm³/mol. The van der Waals surface area contributed by atoms with Crippen LogP contribution in [-0.4, -0.2) is 29.4 Å². The Hall–Kier alpha value is -3.49. The highest BCUT2D eigenvalue weighted by atomic mass is 19.1. The maximum Gasteiger partial charge on any atom is 0.338 e. The maximum atomic E-state index is 12.8. The van der Waals surface area contributed by atoms with Gasteiger partial charge < -0.3 is 15.4 Å². The third kappa shape index (κ3) is 5.00. The molecule has 0 aromatic heterocycles. The van der Waals surface area contributed by atoms with E-state index in [1.165, 1.54) is 36.4 Å². The van der Waals surface area contributed by atoms with Crippen LogP contribution < -0.4 is 10.6 Å². The van der Waals surface area contributed by atoms with Crippen LogP contribution >= 0.6 is 0 Å². The Balaban J connectivity index is 1.59. The number of nitrogens with zero attached hydrogens (tertiary/aromatic N) is 1. The third-order valence-electron chi connectivity index (χ3n) is 3.83. The van der Waals surface area contributed by atoms with Crippen LogP contribution in [0.15, 0.2) is 42.5 Å². The zero-order valence-electron chi connectivity index (χ0n) is 14.1. The highest BCUT2D eigenvalue weighted by molar-refractivity contribution is 5.96. The Kier molecular flexibility index (Phi) is 5.30. The Morgan fingerprint density at radius 3 is 2.52 bits per heavy atom. The number of amides is 1. The molecule has 0 heterocycles. The normalized spacial score (nSPS) is 12.9. The van der Waals surface area contributed by atoms with Crippen molar-refractivity contribution in [2.45, 2.75) is 18.9 Å². The molecule has 1 amide bonds. The molecule has 0 unspecified atom stereocenters. The molecule has 0 bridgehead atoms. The van der Waals surface area contributed by atoms with E-state index in [0.29, 0.717) is 11.4 Å². The first-order chi connectivity index (χ1) is 12.9. The number of rotatable bonds is 7. The number of esters is 1. The van der Waals surface area contributed by atoms with Crippen LogP contribution in [0.5, 0.6) is 0 Å². The second kappa shape index (κ2) is 7.81. The Labute approximate surface area is 153 Å². The van der Waals surface area contributed by atoms with E-state index in [1.54, 1.807) is 0 Å². The second-order valence-electron chi connectivity index (χ2n) is 6.04. The van der Waals surface area contributed by atoms with Crippen LogP contribution in [0, 0.1) is 15.9 Å². The fraction of sp³-hybridized carbons (Fsp3) is 0.222. The summed E-state index contributed by atoms with van der Waals surface area (Å²) in [5.74, 6) is -1.91. The molecule has 2 N–H and O–H groups in total. The molecule has 1 aliphatic carbocycles. The molecular weight excluding hydrogens is 357 g/mol. The van der Waals surface area contributed by atoms with E-state index < -0.39 is 29.2 Å². The molecule has 2 aromatic rings. The molecule has 3 rings (SSSR count). The summed E-state index contributed by atoms with van der Waals surface area (Å²) in [5, 5.41) is 16.7. The van der Waals surface area contributed by atoms with Crippen molar-refractivity contribution in [2.75, 3.05) is 17.2 Å². The van der Waals surface area contributed by atoms with Gasteiger partial charge in [0.1, 0.15) is 11.5 Å². The van der Waals surface area contributed by atoms with Crippen molar-refractivity contribution in [3.8, 4) is 0 Å². The largest absolute Gasteiger partial charge is 0.452 e. The standard InChI is InChI=1S/C18H16FN3O5/c19-12-2-4-14(5-3-12)21-17(23)10-27-18(24)11-1-8-15(20-13-6-7-13)16(9-11)22(25)26/h1-5,8-9,13,20H,6-7,10H2,(H,21,23). The number of ether oxygens (including phenoxy) is 1. The number of carbonyl (C=O) groups is 2. The van der Waals surface area contributed by atoms with Crippen LogP contribution in [0.3, 0.4) is 0 Å². The van der Waals surface area contributed by atoms with Crippen molar-refractivity contribution in [3.63, 3.8) is 0 Å². The maximum absolute atomic E-state index is 12.8. The highest BCUT2D eigenvalue weighted by Crippen LogP contribution is 2.31. The first-order valence-electron chi connectivity index (χ1n) is 8.20. The molecule has 0 radical (unpaired) electrons. The van der Waals surface area contributed by atoms with Gasteiger partial charge in [0.2, 0.25) is 0 Å². The lowest BCUT2D eigenvalue weighted by atomic mass is 10.1. The Morgan fingerprint density at radius 1 is 1.19 bits per heavy atom. The number of hydrogen-bond acceptors (Lipinski definition) is 6. The monoisotopic (exact) mass is 373 g/mol. The summed E-state index contributed by atoms with van der Waals surface area (Å²) in [6.07, 6.45) is 1.90. The zero-order valence-corrected chi connectivity index (χ0v) is 14.1. The molecule has 0 aliphatic heterocycles. The number of benzene rings is 2. The summed E-state index contributed by atoms with van der Waals surface area (Å²) in [5.41, 5.74) is 0.432. The zero-order chi connectivity index (χ0) is 19.4. The first kappa shape index (κ1) is 18.3. The topological polar surface area (TPSA) is 111 Å². The van der Waals surface area contributed by atoms with E-state index >= 15 is 0 Å². The average molecular weight is 373 g/mol. The molecule has 8 nitrogen and oxygen atoms in total. The lowest BCUT2D eigenvalue weighted by Crippen LogP contribution is -2.21. The number of anilines is 2. The number of halogens is 1. The Morgan fingerprint density at radius 2 is 1.89 bits per heavy atom. The predicted octanol–water partition coefficient (Wildman–Crippen LogP) is 3.10. The van der Waals surface area contributed by atoms with E-state index in [4.69, 9.17) is 4.74 Å². The minimum absolute atomic E-state index is 0.0300. The van der Waals surface area contributed by atoms with Gasteiger partial charge in [0.05, 0.1) is 10.5 Å². The lowest BCUT2D eigenvalue weighted by Gasteiger charge is -2.09. The number of hydrogen-bond donors (Lipinski definition) is 2. The SMILES string of the molecule is O=C(COC(=O)c1ccc(NC2CC2)c([N+](=O)[O-])c1)Nc1ccc(F)cc1. The van der Waals surface area contributed by atoms with Crippen molar-refractivity contribution in [1.29, 1.82) is 0 Å². The molecule has 140 valence electrons. The quantitative estimate of drug-likeness (QED) is 0.438. The molecule has 9 heteroatoms. The number of nitro groups is 1. The molecule has 2 aromatic carbocycles. The van der Waals surface area contributed by atoms with Gasteiger partial charge in [-0.25, -0.2) is 9.18 Å². The van der Waals surface area contributed by atoms with Gasteiger partial charge in [0, 0.05) is 17.8 Å². The van der Waals surface area contributed by atoms with Gasteiger partial charge in [-0.05, 0) is 49.2 Å². The van der Waals surface area contributed by atoms with Gasteiger partial charge in [-0.2, -0.15) is 0 Å². The van der Waals surface area contributed by atoms with Crippen molar-refractivity contribution < 1.29 is 23.6 Å². The first-order valence-corrected chi connectivity index (χ1v) is 8.20. The summed E-state index contributed by atoms with van der Waals surface area (Å²) in [7, 11) is 0. The van der Waals surface area contributed by atoms with Crippen LogP contribution in [0.25, 0.3) is 0 Å². The van der Waals surface area contributed by atoms with E-state index in [-0.39, 0.29) is 17.3 Å². The molecular formula is C18H16FN3O5. The fourth-order valence-corrected chi connectivity index (χ4v) is 2.32. The summed E-state index contributed by atoms with van der Waals surface area (Å²) in [6, 6.07) is 9.27. The number of nitro benzene ring substituents is 1. The average Bonchev–Trinajstić information content (AvgIpc) is 3.46. The van der Waals surface area contributed by atoms with Crippen molar-refractivity contribution >= 4 is 28.9 Å². The molecule has 0 spiro atoms. The van der Waals surface area contributed by atoms with Crippen LogP contribution in [-0.2, 0) is 9.53 Å². The van der Waals surface area contributed by atoms with E-state index in [9.17, 15) is 24.1 Å². The summed E-state index contributed by atoms with van der Waals surface area (Å²) in [6.45, 7) is -0.577. The smallest absolute Gasteiger partial charge is 0.338 e. The van der Waals surface area contributed by atoms with Crippen LogP contribution in [0.1, 0.15) is 23.2 Å². The Bertz CT molecular complexity index is 881. The van der Waals surface area contributed by atoms with Gasteiger partial charge in [-0.3, -0.25) is 14.9 Å². The van der Waals surface area contributed by atoms with E-state index in [0.717, 1.165) is 18.9 Å². The van der Waals surface area contributed by atoms with Gasteiger partial charge >= 0.3 is 5.97 Å². The molecule has 0 atom stereocenters. The minimum atomic E-state index is -0.856. The minimum Gasteiger partial charge on any atom is -0.452 e. The summed E-state index contributed by atoms with van der Waals surface area (Å²) >= 11 is 0. The molecule has 27 heavy (non-hydrogen) atoms. The van der Waals surface area contributed by atoms with Crippen LogP contribution in [0.4, 0.5) is 21.5 Å². The van der Waals surface area contributed by atoms with Gasteiger partial charge in [-0.15, -0.1) is 0 Å². The number of nitrogens with one attached hydrogen (secondary N) is 2. The second-order valence-corrected chi connectivity index (χ2v) is 6.04. The molecule has 1 fully saturated rings. The number of carbonyl (C=O) groups excluding carboxylic acids is 2. The molecule has 1 saturated carbocycles. The highest BCUT2D eigenvalue weighted by Gasteiger charge is 2.26. The van der Waals surface area contributed by atoms with Crippen molar-refractivity contribution in [1.82, 2.24) is 0 Å². The van der Waals surface area contributed by atoms with E-state index in [1.807, 2.05) is 0 Å². The summed E-state index contributed by atoms with van der Waals surface area (Å²) < 4.78 is 17.7.